The molecule has 0 saturated heterocycles. The molecule has 2 rings (SSSR count). The van der Waals surface area contributed by atoms with E-state index in [1.54, 1.807) is 11.8 Å². The molecule has 1 aliphatic carbocycles. The van der Waals surface area contributed by atoms with Crippen molar-refractivity contribution in [2.75, 3.05) is 0 Å². The number of thioether (sulfide) groups is 1. The summed E-state index contributed by atoms with van der Waals surface area (Å²) in [5.74, 6) is 0.839. The van der Waals surface area contributed by atoms with Crippen molar-refractivity contribution in [1.82, 2.24) is 0 Å². The number of ketones is 1. The minimum absolute atomic E-state index is 0.355. The molecule has 0 N–H and O–H groups in total. The van der Waals surface area contributed by atoms with Gasteiger partial charge in [-0.25, -0.2) is 0 Å². The molecule has 0 heterocycles. The van der Waals surface area contributed by atoms with Crippen LogP contribution < -0.4 is 0 Å². The monoisotopic (exact) mass is 259 g/mol. The van der Waals surface area contributed by atoms with E-state index >= 15 is 0 Å². The van der Waals surface area contributed by atoms with Crippen LogP contribution in [0.3, 0.4) is 0 Å². The largest absolute Gasteiger partial charge is 0.299 e. The quantitative estimate of drug-likeness (QED) is 0.547. The van der Waals surface area contributed by atoms with Crippen LogP contribution in [-0.4, -0.2) is 5.78 Å². The smallest absolute Gasteiger partial charge is 0.135 e. The number of Topliss-reactive ketones (excluding diaryl/α,β-unsaturated/α-hetero) is 1. The lowest BCUT2D eigenvalue weighted by molar-refractivity contribution is -0.120. The summed E-state index contributed by atoms with van der Waals surface area (Å²) in [5, 5.41) is 2.03. The Morgan fingerprint density at radius 3 is 2.89 bits per heavy atom. The molecule has 0 aromatic heterocycles. The van der Waals surface area contributed by atoms with Crippen molar-refractivity contribution >= 4 is 17.5 Å². The fourth-order valence-electron chi connectivity index (χ4n) is 2.31. The molecule has 1 aliphatic rings. The number of carbonyl (C=O) groups is 1. The van der Waals surface area contributed by atoms with Gasteiger partial charge in [-0.2, -0.15) is 0 Å². The zero-order chi connectivity index (χ0) is 12.6. The fraction of sp³-hybridized carbons (Fsp3) is 0.438. The molecule has 1 nitrogen and oxygen atoms in total. The molecule has 0 amide bonds. The molecule has 1 saturated carbocycles. The molecule has 18 heavy (non-hydrogen) atoms. The maximum absolute atomic E-state index is 11.4. The minimum atomic E-state index is 0.355. The number of carbonyl (C=O) groups excluding carboxylic acids is 1. The predicted octanol–water partition coefficient (Wildman–Crippen LogP) is 4.64. The third-order valence-electron chi connectivity index (χ3n) is 3.33. The number of unbranched alkanes of at least 4 members (excludes halogenated alkanes) is 1. The lowest BCUT2D eigenvalue weighted by atomic mass is 10.00. The highest BCUT2D eigenvalue weighted by Gasteiger charge is 2.23. The molecule has 1 fully saturated rings. The van der Waals surface area contributed by atoms with Gasteiger partial charge in [-0.3, -0.25) is 4.79 Å². The Kier molecular flexibility index (Phi) is 5.53. The summed E-state index contributed by atoms with van der Waals surface area (Å²) < 4.78 is 0. The van der Waals surface area contributed by atoms with Gasteiger partial charge in [0.2, 0.25) is 0 Å². The third-order valence-corrected chi connectivity index (χ3v) is 4.16. The van der Waals surface area contributed by atoms with E-state index in [1.165, 1.54) is 4.90 Å². The van der Waals surface area contributed by atoms with Gasteiger partial charge in [-0.1, -0.05) is 30.0 Å². The Morgan fingerprint density at radius 1 is 1.33 bits per heavy atom. The summed E-state index contributed by atoms with van der Waals surface area (Å²) >= 11 is 1.70. The molecule has 2 heteroatoms. The SMILES string of the molecule is O=C1CCCC1CCC[C]=CSc1ccccc1. The lowest BCUT2D eigenvalue weighted by Crippen LogP contribution is -2.05. The van der Waals surface area contributed by atoms with Gasteiger partial charge in [0.25, 0.3) is 0 Å². The summed E-state index contributed by atoms with van der Waals surface area (Å²) in [6, 6.07) is 10.3. The first-order chi connectivity index (χ1) is 8.86. The van der Waals surface area contributed by atoms with Crippen molar-refractivity contribution in [3.05, 3.63) is 41.8 Å². The van der Waals surface area contributed by atoms with E-state index in [9.17, 15) is 4.79 Å². The van der Waals surface area contributed by atoms with Gasteiger partial charge in [0, 0.05) is 17.2 Å². The molecule has 0 aliphatic heterocycles. The molecule has 1 unspecified atom stereocenters. The molecule has 1 radical (unpaired) electrons. The van der Waals surface area contributed by atoms with E-state index in [0.29, 0.717) is 11.7 Å². The summed E-state index contributed by atoms with van der Waals surface area (Å²) in [6.45, 7) is 0. The van der Waals surface area contributed by atoms with Crippen LogP contribution in [0.2, 0.25) is 0 Å². The molecule has 95 valence electrons. The number of benzene rings is 1. The van der Waals surface area contributed by atoms with Gasteiger partial charge in [-0.15, -0.1) is 0 Å². The summed E-state index contributed by atoms with van der Waals surface area (Å²) in [5.41, 5.74) is 0. The van der Waals surface area contributed by atoms with Crippen molar-refractivity contribution in [2.24, 2.45) is 5.92 Å². The van der Waals surface area contributed by atoms with Crippen LogP contribution in [0.15, 0.2) is 40.6 Å². The van der Waals surface area contributed by atoms with Gasteiger partial charge >= 0.3 is 0 Å². The highest BCUT2D eigenvalue weighted by atomic mass is 32.2. The molecule has 0 spiro atoms. The minimum Gasteiger partial charge on any atom is -0.299 e. The molecule has 1 aromatic carbocycles. The van der Waals surface area contributed by atoms with E-state index in [-0.39, 0.29) is 0 Å². The van der Waals surface area contributed by atoms with E-state index < -0.39 is 0 Å². The van der Waals surface area contributed by atoms with Crippen molar-refractivity contribution in [2.45, 2.75) is 43.4 Å². The van der Waals surface area contributed by atoms with Crippen LogP contribution in [0.4, 0.5) is 0 Å². The van der Waals surface area contributed by atoms with Crippen LogP contribution in [0, 0.1) is 12.0 Å². The van der Waals surface area contributed by atoms with Gasteiger partial charge < -0.3 is 0 Å². The average Bonchev–Trinajstić information content (AvgIpc) is 2.81. The van der Waals surface area contributed by atoms with Crippen LogP contribution >= 0.6 is 11.8 Å². The van der Waals surface area contributed by atoms with Gasteiger partial charge in [0.15, 0.2) is 0 Å². The summed E-state index contributed by atoms with van der Waals surface area (Å²) in [7, 11) is 0. The second-order valence-corrected chi connectivity index (χ2v) is 5.64. The second kappa shape index (κ2) is 7.42. The summed E-state index contributed by atoms with van der Waals surface area (Å²) in [4.78, 5) is 12.7. The molecule has 1 atom stereocenters. The lowest BCUT2D eigenvalue weighted by Gasteiger charge is -2.04. The highest BCUT2D eigenvalue weighted by molar-refractivity contribution is 8.02. The first kappa shape index (κ1) is 13.4. The van der Waals surface area contributed by atoms with E-state index in [0.717, 1.165) is 38.5 Å². The van der Waals surface area contributed by atoms with Crippen molar-refractivity contribution in [1.29, 1.82) is 0 Å². The first-order valence-electron chi connectivity index (χ1n) is 6.66. The Morgan fingerprint density at radius 2 is 2.17 bits per heavy atom. The zero-order valence-corrected chi connectivity index (χ0v) is 11.4. The Hall–Kier alpha value is -1.02. The second-order valence-electron chi connectivity index (χ2n) is 4.70. The van der Waals surface area contributed by atoms with Crippen LogP contribution in [0.5, 0.6) is 0 Å². The van der Waals surface area contributed by atoms with Crippen molar-refractivity contribution in [3.63, 3.8) is 0 Å². The standard InChI is InChI=1S/C16H19OS/c17-16-12-7-9-14(16)8-3-2-6-13-18-15-10-4-1-5-11-15/h1,4-5,10-11,13-14H,2-3,7-9,12H2. The normalized spacial score (nSPS) is 19.8. The van der Waals surface area contributed by atoms with Gasteiger partial charge in [0.1, 0.15) is 5.78 Å². The maximum atomic E-state index is 11.4. The number of hydrogen-bond acceptors (Lipinski definition) is 2. The van der Waals surface area contributed by atoms with E-state index in [2.05, 4.69) is 18.2 Å². The Balaban J connectivity index is 1.59. The first-order valence-corrected chi connectivity index (χ1v) is 7.54. The van der Waals surface area contributed by atoms with E-state index in [1.807, 2.05) is 23.6 Å². The average molecular weight is 259 g/mol. The van der Waals surface area contributed by atoms with Crippen LogP contribution in [-0.2, 0) is 4.79 Å². The topological polar surface area (TPSA) is 17.1 Å². The fourth-order valence-corrected chi connectivity index (χ4v) is 2.96. The molecule has 0 bridgehead atoms. The molecule has 1 aromatic rings. The van der Waals surface area contributed by atoms with Crippen LogP contribution in [0.25, 0.3) is 0 Å². The predicted molar refractivity (Wildman–Crippen MR) is 76.3 cm³/mol. The van der Waals surface area contributed by atoms with Crippen LogP contribution in [0.1, 0.15) is 38.5 Å². The molecular formula is C16H19OS. The number of allylic oxidation sites excluding steroid dienone is 1. The maximum Gasteiger partial charge on any atom is 0.135 e. The van der Waals surface area contributed by atoms with Crippen molar-refractivity contribution < 1.29 is 4.79 Å². The molecular weight excluding hydrogens is 240 g/mol. The number of hydrogen-bond donors (Lipinski definition) is 0. The summed E-state index contributed by atoms with van der Waals surface area (Å²) in [6.07, 6.45) is 9.43. The highest BCUT2D eigenvalue weighted by Crippen LogP contribution is 2.26. The third kappa shape index (κ3) is 4.34. The zero-order valence-electron chi connectivity index (χ0n) is 10.6. The Labute approximate surface area is 114 Å². The van der Waals surface area contributed by atoms with Crippen molar-refractivity contribution in [3.8, 4) is 0 Å². The van der Waals surface area contributed by atoms with Gasteiger partial charge in [0.05, 0.1) is 0 Å². The van der Waals surface area contributed by atoms with E-state index in [4.69, 9.17) is 0 Å². The van der Waals surface area contributed by atoms with Gasteiger partial charge in [-0.05, 0) is 55.7 Å². The number of rotatable bonds is 6. The Bertz CT molecular complexity index is 397.